The van der Waals surface area contributed by atoms with E-state index in [-0.39, 0.29) is 5.91 Å². The van der Waals surface area contributed by atoms with Crippen molar-refractivity contribution in [2.75, 3.05) is 6.54 Å². The van der Waals surface area contributed by atoms with Crippen molar-refractivity contribution in [3.05, 3.63) is 12.8 Å². The van der Waals surface area contributed by atoms with E-state index in [1.165, 1.54) is 13.1 Å². The highest BCUT2D eigenvalue weighted by molar-refractivity contribution is 5.91. The average Bonchev–Trinajstić information content (AvgIpc) is 1.97. The van der Waals surface area contributed by atoms with Gasteiger partial charge in [0.25, 0.3) is 0 Å². The molecule has 0 rings (SSSR count). The highest BCUT2D eigenvalue weighted by Crippen LogP contribution is 1.79. The lowest BCUT2D eigenvalue weighted by molar-refractivity contribution is -0.118. The maximum atomic E-state index is 10.4. The molecule has 0 aromatic heterocycles. The molecule has 0 heterocycles. The van der Waals surface area contributed by atoms with Gasteiger partial charge >= 0.3 is 0 Å². The van der Waals surface area contributed by atoms with Crippen molar-refractivity contribution >= 4 is 18.5 Å². The van der Waals surface area contributed by atoms with E-state index in [9.17, 15) is 4.79 Å². The Morgan fingerprint density at radius 2 is 2.36 bits per heavy atom. The number of rotatable bonds is 3. The lowest BCUT2D eigenvalue weighted by Crippen LogP contribution is -2.26. The van der Waals surface area contributed by atoms with Gasteiger partial charge in [0.15, 0.2) is 0 Å². The molecule has 0 aliphatic rings. The fourth-order valence-corrected chi connectivity index (χ4v) is 0.451. The van der Waals surface area contributed by atoms with Crippen molar-refractivity contribution < 1.29 is 4.79 Å². The normalized spacial score (nSPS) is 10.5. The monoisotopic (exact) mass is 153 g/mol. The molecule has 4 nitrogen and oxygen atoms in total. The van der Waals surface area contributed by atoms with Crippen LogP contribution in [0.25, 0.3) is 0 Å². The van der Waals surface area contributed by atoms with Crippen LogP contribution in [0.15, 0.2) is 22.8 Å². The summed E-state index contributed by atoms with van der Waals surface area (Å²) in [6.45, 7) is 8.39. The zero-order chi connectivity index (χ0) is 8.69. The van der Waals surface area contributed by atoms with Crippen molar-refractivity contribution in [3.8, 4) is 0 Å². The number of hydrogen-bond acceptors (Lipinski definition) is 2. The third-order valence-corrected chi connectivity index (χ3v) is 0.918. The predicted molar refractivity (Wildman–Crippen MR) is 45.9 cm³/mol. The van der Waals surface area contributed by atoms with Gasteiger partial charge in [-0.1, -0.05) is 6.58 Å². The van der Waals surface area contributed by atoms with Crippen molar-refractivity contribution in [1.82, 2.24) is 5.32 Å². The molecule has 4 heteroatoms. The fourth-order valence-electron chi connectivity index (χ4n) is 0.451. The predicted octanol–water partition coefficient (Wildman–Crippen LogP) is 0.365. The molecule has 0 radical (unpaired) electrons. The minimum atomic E-state index is -0.120. The van der Waals surface area contributed by atoms with Gasteiger partial charge in [-0.25, -0.2) is 9.98 Å². The Labute approximate surface area is 65.7 Å². The number of amidine groups is 1. The van der Waals surface area contributed by atoms with Crippen LogP contribution in [-0.2, 0) is 4.79 Å². The van der Waals surface area contributed by atoms with Gasteiger partial charge < -0.3 is 5.32 Å². The third-order valence-electron chi connectivity index (χ3n) is 0.918. The summed E-state index contributed by atoms with van der Waals surface area (Å²) in [6.07, 6.45) is 1.35. The minimum absolute atomic E-state index is 0.120. The van der Waals surface area contributed by atoms with Crippen molar-refractivity contribution in [3.63, 3.8) is 0 Å². The molecule has 1 amide bonds. The summed E-state index contributed by atoms with van der Waals surface area (Å²) in [5, 5.41) is 2.53. The van der Waals surface area contributed by atoms with Gasteiger partial charge in [-0.05, 0) is 6.72 Å². The molecular weight excluding hydrogens is 142 g/mol. The van der Waals surface area contributed by atoms with E-state index in [1.807, 2.05) is 0 Å². The Hall–Kier alpha value is -1.45. The van der Waals surface area contributed by atoms with Crippen LogP contribution in [0.2, 0.25) is 0 Å². The molecule has 0 aliphatic heterocycles. The van der Waals surface area contributed by atoms with Gasteiger partial charge in [0.2, 0.25) is 5.91 Å². The molecule has 0 aromatic carbocycles. The summed E-state index contributed by atoms with van der Waals surface area (Å²) in [5.74, 6) is 0.334. The highest BCUT2D eigenvalue weighted by atomic mass is 16.1. The molecule has 0 aliphatic carbocycles. The van der Waals surface area contributed by atoms with E-state index in [4.69, 9.17) is 0 Å². The Bertz CT molecular complexity index is 196. The topological polar surface area (TPSA) is 53.8 Å². The summed E-state index contributed by atoms with van der Waals surface area (Å²) >= 11 is 0. The van der Waals surface area contributed by atoms with E-state index in [2.05, 4.69) is 28.6 Å². The third kappa shape index (κ3) is 5.02. The number of carbonyl (C=O) groups is 1. The Balaban J connectivity index is 3.88. The van der Waals surface area contributed by atoms with Crippen LogP contribution >= 0.6 is 0 Å². The molecule has 0 saturated heterocycles. The van der Waals surface area contributed by atoms with Crippen LogP contribution in [0.1, 0.15) is 6.92 Å². The second-order valence-electron chi connectivity index (χ2n) is 1.80. The second kappa shape index (κ2) is 5.34. The number of hydrogen-bond donors (Lipinski definition) is 1. The molecule has 0 aromatic rings. The lowest BCUT2D eigenvalue weighted by atomic mass is 10.5. The molecule has 0 spiro atoms. The van der Waals surface area contributed by atoms with Crippen LogP contribution in [0.4, 0.5) is 0 Å². The molecule has 0 fully saturated rings. The highest BCUT2D eigenvalue weighted by Gasteiger charge is 1.94. The minimum Gasteiger partial charge on any atom is -0.349 e. The molecule has 0 unspecified atom stereocenters. The maximum Gasteiger partial charge on any atom is 0.217 e. The van der Waals surface area contributed by atoms with Gasteiger partial charge in [-0.2, -0.15) is 0 Å². The first-order chi connectivity index (χ1) is 5.20. The summed E-state index contributed by atoms with van der Waals surface area (Å²) in [4.78, 5) is 17.7. The number of aliphatic imine (C=N–C) groups is 2. The maximum absolute atomic E-state index is 10.4. The first kappa shape index (κ1) is 9.55. The Morgan fingerprint density at radius 1 is 1.73 bits per heavy atom. The van der Waals surface area contributed by atoms with E-state index < -0.39 is 0 Å². The van der Waals surface area contributed by atoms with Gasteiger partial charge in [0.1, 0.15) is 5.84 Å². The zero-order valence-electron chi connectivity index (χ0n) is 6.50. The van der Waals surface area contributed by atoms with Gasteiger partial charge in [-0.15, -0.1) is 0 Å². The second-order valence-corrected chi connectivity index (χ2v) is 1.80. The van der Waals surface area contributed by atoms with E-state index in [1.54, 1.807) is 0 Å². The zero-order valence-corrected chi connectivity index (χ0v) is 6.50. The van der Waals surface area contributed by atoms with Crippen LogP contribution in [0.3, 0.4) is 0 Å². The number of carbonyl (C=O) groups excluding carboxylic acids is 1. The lowest BCUT2D eigenvalue weighted by Gasteiger charge is -1.98. The molecule has 0 saturated carbocycles. The van der Waals surface area contributed by atoms with Crippen LogP contribution in [0.5, 0.6) is 0 Å². The largest absolute Gasteiger partial charge is 0.349 e. The van der Waals surface area contributed by atoms with Crippen LogP contribution in [0, 0.1) is 0 Å². The Kier molecular flexibility index (Phi) is 4.64. The molecule has 0 bridgehead atoms. The smallest absolute Gasteiger partial charge is 0.217 e. The van der Waals surface area contributed by atoms with E-state index in [0.717, 1.165) is 0 Å². The number of nitrogens with one attached hydrogen (secondary N) is 1. The van der Waals surface area contributed by atoms with Gasteiger partial charge in [0, 0.05) is 13.1 Å². The van der Waals surface area contributed by atoms with Gasteiger partial charge in [0.05, 0.1) is 6.54 Å². The molecule has 60 valence electrons. The quantitative estimate of drug-likeness (QED) is 0.462. The number of nitrogens with zero attached hydrogens (tertiary/aromatic N) is 2. The molecule has 0 atom stereocenters. The summed E-state index contributed by atoms with van der Waals surface area (Å²) in [6, 6.07) is 0. The summed E-state index contributed by atoms with van der Waals surface area (Å²) < 4.78 is 0. The Morgan fingerprint density at radius 3 is 2.73 bits per heavy atom. The molecule has 1 N–H and O–H groups in total. The first-order valence-electron chi connectivity index (χ1n) is 3.09. The van der Waals surface area contributed by atoms with Gasteiger partial charge in [-0.3, -0.25) is 4.79 Å². The summed E-state index contributed by atoms with van der Waals surface area (Å²) in [7, 11) is 0. The van der Waals surface area contributed by atoms with Crippen molar-refractivity contribution in [1.29, 1.82) is 0 Å². The van der Waals surface area contributed by atoms with Crippen molar-refractivity contribution in [2.24, 2.45) is 9.98 Å². The molecular formula is C7H11N3O. The van der Waals surface area contributed by atoms with Crippen LogP contribution in [-0.4, -0.2) is 25.0 Å². The van der Waals surface area contributed by atoms with Crippen molar-refractivity contribution in [2.45, 2.75) is 6.92 Å². The van der Waals surface area contributed by atoms with Crippen LogP contribution < -0.4 is 5.32 Å². The standard InChI is InChI=1S/C7H11N3O/c1-4-9-7(8-3)5-10-6(2)11/h4H,1,3,5H2,2H3,(H,10,11). The van der Waals surface area contributed by atoms with E-state index in [0.29, 0.717) is 12.4 Å². The van der Waals surface area contributed by atoms with E-state index >= 15 is 0 Å². The first-order valence-corrected chi connectivity index (χ1v) is 3.09. The number of amides is 1. The SMILES string of the molecule is C=CN=C(CNC(C)=O)N=C. The fraction of sp³-hybridized carbons (Fsp3) is 0.286. The summed E-state index contributed by atoms with van der Waals surface area (Å²) in [5.41, 5.74) is 0. The molecule has 11 heavy (non-hydrogen) atoms. The average molecular weight is 153 g/mol.